The summed E-state index contributed by atoms with van der Waals surface area (Å²) < 4.78 is 5.20. The highest BCUT2D eigenvalue weighted by Gasteiger charge is 2.32. The molecule has 19 heavy (non-hydrogen) atoms. The number of halogens is 2. The van der Waals surface area contributed by atoms with Gasteiger partial charge in [0.05, 0.1) is 6.61 Å². The number of ether oxygens (including phenoxy) is 1. The van der Waals surface area contributed by atoms with Crippen LogP contribution in [0.2, 0.25) is 10.2 Å². The van der Waals surface area contributed by atoms with E-state index in [1.54, 1.807) is 19.4 Å². The average molecular weight is 303 g/mol. The summed E-state index contributed by atoms with van der Waals surface area (Å²) >= 11 is 12.1. The molecular weight excluding hydrogens is 283 g/mol. The largest absolute Gasteiger partial charge is 0.383 e. The van der Waals surface area contributed by atoms with Crippen LogP contribution in [0, 0.1) is 5.92 Å². The third kappa shape index (κ3) is 4.32. The van der Waals surface area contributed by atoms with Gasteiger partial charge in [0.25, 0.3) is 0 Å². The van der Waals surface area contributed by atoms with Crippen molar-refractivity contribution in [3.8, 4) is 0 Å². The zero-order chi connectivity index (χ0) is 13.8. The lowest BCUT2D eigenvalue weighted by Gasteiger charge is -2.29. The van der Waals surface area contributed by atoms with Gasteiger partial charge in [0.2, 0.25) is 0 Å². The second-order valence-electron chi connectivity index (χ2n) is 5.14. The van der Waals surface area contributed by atoms with Gasteiger partial charge >= 0.3 is 0 Å². The second-order valence-corrected chi connectivity index (χ2v) is 5.93. The van der Waals surface area contributed by atoms with Crippen LogP contribution in [0.15, 0.2) is 12.3 Å². The van der Waals surface area contributed by atoms with Crippen LogP contribution in [-0.4, -0.2) is 36.2 Å². The van der Waals surface area contributed by atoms with E-state index in [2.05, 4.69) is 16.8 Å². The maximum absolute atomic E-state index is 6.23. The number of nitrogens with zero attached hydrogens (tertiary/aromatic N) is 2. The number of hydrogen-bond acceptors (Lipinski definition) is 3. The number of rotatable bonds is 7. The Kier molecular flexibility index (Phi) is 5.46. The molecule has 2 rings (SSSR count). The molecule has 1 unspecified atom stereocenters. The monoisotopic (exact) mass is 302 g/mol. The molecule has 5 heteroatoms. The van der Waals surface area contributed by atoms with Crippen molar-refractivity contribution in [2.24, 2.45) is 5.92 Å². The fourth-order valence-corrected chi connectivity index (χ4v) is 2.71. The highest BCUT2D eigenvalue weighted by atomic mass is 35.5. The van der Waals surface area contributed by atoms with Crippen LogP contribution >= 0.6 is 23.2 Å². The quantitative estimate of drug-likeness (QED) is 0.719. The van der Waals surface area contributed by atoms with Gasteiger partial charge in [-0.25, -0.2) is 4.98 Å². The van der Waals surface area contributed by atoms with E-state index in [-0.39, 0.29) is 0 Å². The smallest absolute Gasteiger partial charge is 0.130 e. The van der Waals surface area contributed by atoms with Crippen LogP contribution in [-0.2, 0) is 11.3 Å². The van der Waals surface area contributed by atoms with Crippen molar-refractivity contribution in [3.05, 3.63) is 28.0 Å². The molecule has 1 fully saturated rings. The summed E-state index contributed by atoms with van der Waals surface area (Å²) in [7, 11) is 1.73. The zero-order valence-corrected chi connectivity index (χ0v) is 12.9. The van der Waals surface area contributed by atoms with Crippen molar-refractivity contribution < 1.29 is 4.74 Å². The maximum atomic E-state index is 6.23. The number of pyridine rings is 1. The minimum atomic E-state index is 0.437. The van der Waals surface area contributed by atoms with Gasteiger partial charge in [-0.1, -0.05) is 23.2 Å². The first-order chi connectivity index (χ1) is 9.11. The molecule has 1 aliphatic rings. The van der Waals surface area contributed by atoms with Crippen LogP contribution in [0.3, 0.4) is 0 Å². The Morgan fingerprint density at radius 2 is 2.21 bits per heavy atom. The third-order valence-electron chi connectivity index (χ3n) is 3.73. The topological polar surface area (TPSA) is 25.4 Å². The van der Waals surface area contributed by atoms with E-state index in [0.29, 0.717) is 16.2 Å². The van der Waals surface area contributed by atoms with E-state index in [9.17, 15) is 0 Å². The summed E-state index contributed by atoms with van der Waals surface area (Å²) in [6.07, 6.45) is 4.43. The highest BCUT2D eigenvalue weighted by Crippen LogP contribution is 2.36. The summed E-state index contributed by atoms with van der Waals surface area (Å²) in [4.78, 5) is 6.53. The van der Waals surface area contributed by atoms with Crippen molar-refractivity contribution in [1.29, 1.82) is 0 Å². The molecule has 3 nitrogen and oxygen atoms in total. The van der Waals surface area contributed by atoms with Crippen molar-refractivity contribution in [3.63, 3.8) is 0 Å². The predicted molar refractivity (Wildman–Crippen MR) is 78.7 cm³/mol. The third-order valence-corrected chi connectivity index (χ3v) is 4.29. The minimum Gasteiger partial charge on any atom is -0.383 e. The fourth-order valence-electron chi connectivity index (χ4n) is 2.28. The molecule has 0 radical (unpaired) electrons. The normalized spacial score (nSPS) is 16.9. The number of methoxy groups -OCH3 is 1. The molecule has 1 aromatic heterocycles. The molecule has 0 spiro atoms. The Hall–Kier alpha value is -0.350. The molecule has 1 saturated carbocycles. The molecule has 1 heterocycles. The summed E-state index contributed by atoms with van der Waals surface area (Å²) in [5.41, 5.74) is 1.02. The molecular formula is C14H20Cl2N2O. The maximum Gasteiger partial charge on any atom is 0.130 e. The molecule has 106 valence electrons. The average Bonchev–Trinajstić information content (AvgIpc) is 3.20. The van der Waals surface area contributed by atoms with Crippen molar-refractivity contribution in [2.45, 2.75) is 32.4 Å². The van der Waals surface area contributed by atoms with E-state index in [1.165, 1.54) is 12.8 Å². The first-order valence-corrected chi connectivity index (χ1v) is 7.40. The molecule has 0 N–H and O–H groups in total. The Morgan fingerprint density at radius 3 is 2.79 bits per heavy atom. The van der Waals surface area contributed by atoms with Gasteiger partial charge in [-0.15, -0.1) is 0 Å². The number of aromatic nitrogens is 1. The van der Waals surface area contributed by atoms with Gasteiger partial charge < -0.3 is 4.74 Å². The molecule has 1 aromatic rings. The predicted octanol–water partition coefficient (Wildman–Crippen LogP) is 3.64. The van der Waals surface area contributed by atoms with E-state index < -0.39 is 0 Å². The standard InChI is InChI=1S/C14H20Cl2N2O/c1-10(11-3-4-11)18(5-6-19-2)9-12-8-17-14(16)7-13(12)15/h7-8,10-11H,3-6,9H2,1-2H3. The van der Waals surface area contributed by atoms with Crippen molar-refractivity contribution in [1.82, 2.24) is 9.88 Å². The van der Waals surface area contributed by atoms with Crippen molar-refractivity contribution >= 4 is 23.2 Å². The SMILES string of the molecule is COCCN(Cc1cnc(Cl)cc1Cl)C(C)C1CC1. The minimum absolute atomic E-state index is 0.437. The highest BCUT2D eigenvalue weighted by molar-refractivity contribution is 6.34. The summed E-state index contributed by atoms with van der Waals surface area (Å²) in [6.45, 7) is 4.72. The Labute approximate surface area is 124 Å². The molecule has 1 aliphatic carbocycles. The number of hydrogen-bond donors (Lipinski definition) is 0. The summed E-state index contributed by atoms with van der Waals surface area (Å²) in [5, 5.41) is 1.12. The van der Waals surface area contributed by atoms with Crippen LogP contribution < -0.4 is 0 Å². The molecule has 1 atom stereocenters. The molecule has 0 amide bonds. The molecule has 0 saturated heterocycles. The van der Waals surface area contributed by atoms with E-state index in [1.807, 2.05) is 0 Å². The van der Waals surface area contributed by atoms with Crippen LogP contribution in [0.4, 0.5) is 0 Å². The fraction of sp³-hybridized carbons (Fsp3) is 0.643. The van der Waals surface area contributed by atoms with Gasteiger partial charge in [-0.2, -0.15) is 0 Å². The first kappa shape index (κ1) is 15.0. The van der Waals surface area contributed by atoms with Crippen LogP contribution in [0.1, 0.15) is 25.3 Å². The lowest BCUT2D eigenvalue weighted by molar-refractivity contribution is 0.111. The van der Waals surface area contributed by atoms with Crippen molar-refractivity contribution in [2.75, 3.05) is 20.3 Å². The van der Waals surface area contributed by atoms with E-state index in [0.717, 1.165) is 31.2 Å². The Balaban J connectivity index is 2.05. The van der Waals surface area contributed by atoms with Gasteiger partial charge in [0.1, 0.15) is 5.15 Å². The van der Waals surface area contributed by atoms with Gasteiger partial charge in [-0.3, -0.25) is 4.90 Å². The summed E-state index contributed by atoms with van der Waals surface area (Å²) in [6, 6.07) is 2.26. The molecule has 0 aliphatic heterocycles. The van der Waals surface area contributed by atoms with Gasteiger partial charge in [0, 0.05) is 43.0 Å². The van der Waals surface area contributed by atoms with Gasteiger partial charge in [0.15, 0.2) is 0 Å². The zero-order valence-electron chi connectivity index (χ0n) is 11.4. The Morgan fingerprint density at radius 1 is 1.47 bits per heavy atom. The van der Waals surface area contributed by atoms with Crippen LogP contribution in [0.5, 0.6) is 0 Å². The van der Waals surface area contributed by atoms with E-state index >= 15 is 0 Å². The first-order valence-electron chi connectivity index (χ1n) is 6.64. The lowest BCUT2D eigenvalue weighted by atomic mass is 10.1. The molecule has 0 bridgehead atoms. The lowest BCUT2D eigenvalue weighted by Crippen LogP contribution is -2.36. The van der Waals surface area contributed by atoms with E-state index in [4.69, 9.17) is 27.9 Å². The van der Waals surface area contributed by atoms with Gasteiger partial charge in [-0.05, 0) is 31.7 Å². The summed E-state index contributed by atoms with van der Waals surface area (Å²) in [5.74, 6) is 0.816. The second kappa shape index (κ2) is 6.89. The van der Waals surface area contributed by atoms with Crippen LogP contribution in [0.25, 0.3) is 0 Å². The Bertz CT molecular complexity index is 424. The molecule has 0 aromatic carbocycles.